The van der Waals surface area contributed by atoms with Gasteiger partial charge in [0.05, 0.1) is 19.1 Å². The van der Waals surface area contributed by atoms with Crippen LogP contribution < -0.4 is 4.74 Å². The van der Waals surface area contributed by atoms with Crippen LogP contribution in [0.15, 0.2) is 12.1 Å². The van der Waals surface area contributed by atoms with Crippen LogP contribution in [0, 0.1) is 23.0 Å². The van der Waals surface area contributed by atoms with Gasteiger partial charge in [0.2, 0.25) is 0 Å². The van der Waals surface area contributed by atoms with Crippen LogP contribution in [-0.2, 0) is 0 Å². The lowest BCUT2D eigenvalue weighted by molar-refractivity contribution is 0.381. The van der Waals surface area contributed by atoms with Crippen molar-refractivity contribution in [2.45, 2.75) is 19.3 Å². The van der Waals surface area contributed by atoms with Gasteiger partial charge in [-0.3, -0.25) is 0 Å². The lowest BCUT2D eigenvalue weighted by Crippen LogP contribution is -2.00. The Morgan fingerprint density at radius 3 is 2.53 bits per heavy atom. The molecule has 0 amide bonds. The molecule has 0 aliphatic heterocycles. The summed E-state index contributed by atoms with van der Waals surface area (Å²) in [6, 6.07) is 3.91. The highest BCUT2D eigenvalue weighted by molar-refractivity contribution is 5.34. The van der Waals surface area contributed by atoms with Crippen molar-refractivity contribution in [3.05, 3.63) is 29.3 Å². The molecule has 1 atom stereocenters. The lowest BCUT2D eigenvalue weighted by atomic mass is 9.97. The summed E-state index contributed by atoms with van der Waals surface area (Å²) in [4.78, 5) is 0. The molecule has 0 heterocycles. The Balaban J connectivity index is 3.22. The number of hydrogen-bond donors (Lipinski definition) is 0. The molecule has 1 aromatic rings. The van der Waals surface area contributed by atoms with Crippen LogP contribution in [0.3, 0.4) is 0 Å². The van der Waals surface area contributed by atoms with E-state index < -0.39 is 17.6 Å². The van der Waals surface area contributed by atoms with E-state index in [1.807, 2.05) is 6.07 Å². The van der Waals surface area contributed by atoms with Gasteiger partial charge < -0.3 is 4.74 Å². The largest absolute Gasteiger partial charge is 0.494 e. The molecule has 2 nitrogen and oxygen atoms in total. The van der Waals surface area contributed by atoms with Crippen molar-refractivity contribution in [1.29, 1.82) is 5.26 Å². The minimum absolute atomic E-state index is 0.0818. The number of ether oxygens (including phenoxy) is 1. The van der Waals surface area contributed by atoms with Gasteiger partial charge in [0.15, 0.2) is 11.6 Å². The Morgan fingerprint density at radius 1 is 1.40 bits per heavy atom. The number of nitriles is 1. The number of benzene rings is 1. The van der Waals surface area contributed by atoms with Crippen LogP contribution in [0.5, 0.6) is 5.75 Å². The average Bonchev–Trinajstić information content (AvgIpc) is 2.24. The van der Waals surface area contributed by atoms with Gasteiger partial charge >= 0.3 is 0 Å². The minimum atomic E-state index is -0.650. The highest BCUT2D eigenvalue weighted by Gasteiger charge is 2.17. The molecule has 0 aromatic heterocycles. The lowest BCUT2D eigenvalue weighted by Gasteiger charge is -2.10. The maximum Gasteiger partial charge on any atom is 0.165 e. The number of methoxy groups -OCH3 is 1. The highest BCUT2D eigenvalue weighted by Crippen LogP contribution is 2.27. The molecular formula is C11H11F2NO. The zero-order valence-electron chi connectivity index (χ0n) is 8.55. The second-order valence-corrected chi connectivity index (χ2v) is 3.10. The molecule has 0 saturated heterocycles. The number of rotatable bonds is 3. The molecule has 0 N–H and O–H groups in total. The molecule has 0 spiro atoms. The van der Waals surface area contributed by atoms with Crippen LogP contribution in [0.25, 0.3) is 0 Å². The molecule has 80 valence electrons. The Labute approximate surface area is 87.1 Å². The van der Waals surface area contributed by atoms with Crippen LogP contribution in [-0.4, -0.2) is 7.11 Å². The van der Waals surface area contributed by atoms with Crippen LogP contribution >= 0.6 is 0 Å². The second-order valence-electron chi connectivity index (χ2n) is 3.10. The molecule has 0 bridgehead atoms. The summed E-state index contributed by atoms with van der Waals surface area (Å²) in [5, 5.41) is 8.75. The van der Waals surface area contributed by atoms with E-state index in [9.17, 15) is 8.78 Å². The van der Waals surface area contributed by atoms with Crippen molar-refractivity contribution < 1.29 is 13.5 Å². The molecule has 0 radical (unpaired) electrons. The van der Waals surface area contributed by atoms with E-state index in [4.69, 9.17) is 5.26 Å². The van der Waals surface area contributed by atoms with Gasteiger partial charge in [-0.05, 0) is 12.5 Å². The SMILES string of the molecule is CCC(C#N)c1cc(F)c(OC)cc1F. The molecule has 15 heavy (non-hydrogen) atoms. The summed E-state index contributed by atoms with van der Waals surface area (Å²) >= 11 is 0. The fourth-order valence-corrected chi connectivity index (χ4v) is 1.35. The number of halogens is 2. The quantitative estimate of drug-likeness (QED) is 0.769. The smallest absolute Gasteiger partial charge is 0.165 e. The average molecular weight is 211 g/mol. The Bertz CT molecular complexity index is 398. The summed E-state index contributed by atoms with van der Waals surface area (Å²) in [6.07, 6.45) is 0.444. The van der Waals surface area contributed by atoms with Crippen molar-refractivity contribution in [3.63, 3.8) is 0 Å². The van der Waals surface area contributed by atoms with Gasteiger partial charge in [0.1, 0.15) is 5.82 Å². The maximum absolute atomic E-state index is 13.4. The molecule has 0 fully saturated rings. The van der Waals surface area contributed by atoms with Crippen molar-refractivity contribution in [2.75, 3.05) is 7.11 Å². The van der Waals surface area contributed by atoms with Crippen LogP contribution in [0.4, 0.5) is 8.78 Å². The normalized spacial score (nSPS) is 11.9. The van der Waals surface area contributed by atoms with Gasteiger partial charge in [-0.1, -0.05) is 6.92 Å². The van der Waals surface area contributed by atoms with Crippen molar-refractivity contribution in [2.24, 2.45) is 0 Å². The minimum Gasteiger partial charge on any atom is -0.494 e. The summed E-state index contributed by atoms with van der Waals surface area (Å²) in [6.45, 7) is 1.75. The molecule has 1 rings (SSSR count). The molecule has 1 aromatic carbocycles. The van der Waals surface area contributed by atoms with Gasteiger partial charge in [0, 0.05) is 11.6 Å². The number of hydrogen-bond acceptors (Lipinski definition) is 2. The summed E-state index contributed by atoms with van der Waals surface area (Å²) in [7, 11) is 1.26. The fraction of sp³-hybridized carbons (Fsp3) is 0.364. The Morgan fingerprint density at radius 2 is 2.07 bits per heavy atom. The predicted molar refractivity (Wildman–Crippen MR) is 51.6 cm³/mol. The van der Waals surface area contributed by atoms with Crippen LogP contribution in [0.2, 0.25) is 0 Å². The third kappa shape index (κ3) is 2.24. The van der Waals surface area contributed by atoms with E-state index in [2.05, 4.69) is 4.74 Å². The van der Waals surface area contributed by atoms with E-state index in [1.165, 1.54) is 7.11 Å². The van der Waals surface area contributed by atoms with Gasteiger partial charge in [-0.25, -0.2) is 8.78 Å². The molecule has 0 saturated carbocycles. The van der Waals surface area contributed by atoms with Crippen LogP contribution in [0.1, 0.15) is 24.8 Å². The summed E-state index contributed by atoms with van der Waals surface area (Å²) in [5.74, 6) is -2.03. The van der Waals surface area contributed by atoms with Gasteiger partial charge in [0.25, 0.3) is 0 Å². The van der Waals surface area contributed by atoms with E-state index in [0.717, 1.165) is 12.1 Å². The topological polar surface area (TPSA) is 33.0 Å². The van der Waals surface area contributed by atoms with E-state index in [-0.39, 0.29) is 11.3 Å². The predicted octanol–water partition coefficient (Wildman–Crippen LogP) is 2.99. The van der Waals surface area contributed by atoms with Gasteiger partial charge in [-0.15, -0.1) is 0 Å². The monoisotopic (exact) mass is 211 g/mol. The van der Waals surface area contributed by atoms with Crippen molar-refractivity contribution in [1.82, 2.24) is 0 Å². The molecular weight excluding hydrogens is 200 g/mol. The first-order valence-electron chi connectivity index (χ1n) is 4.56. The molecule has 1 unspecified atom stereocenters. The number of nitrogens with zero attached hydrogens (tertiary/aromatic N) is 1. The summed E-state index contributed by atoms with van der Waals surface area (Å²) < 4.78 is 31.3. The summed E-state index contributed by atoms with van der Waals surface area (Å²) in [5.41, 5.74) is 0.0818. The van der Waals surface area contributed by atoms with Crippen molar-refractivity contribution in [3.8, 4) is 11.8 Å². The molecule has 0 aliphatic rings. The van der Waals surface area contributed by atoms with E-state index in [0.29, 0.717) is 6.42 Å². The van der Waals surface area contributed by atoms with Crippen molar-refractivity contribution >= 4 is 0 Å². The maximum atomic E-state index is 13.4. The zero-order chi connectivity index (χ0) is 11.4. The third-order valence-corrected chi connectivity index (χ3v) is 2.21. The van der Waals surface area contributed by atoms with E-state index >= 15 is 0 Å². The standard InChI is InChI=1S/C11H11F2NO/c1-3-7(6-14)8-4-10(13)11(15-2)5-9(8)12/h4-5,7H,3H2,1-2H3. The first kappa shape index (κ1) is 11.4. The Hall–Kier alpha value is -1.63. The highest BCUT2D eigenvalue weighted by atomic mass is 19.1. The second kappa shape index (κ2) is 4.74. The third-order valence-electron chi connectivity index (χ3n) is 2.21. The zero-order valence-corrected chi connectivity index (χ0v) is 8.55. The van der Waals surface area contributed by atoms with E-state index in [1.54, 1.807) is 6.92 Å². The molecule has 0 aliphatic carbocycles. The molecule has 4 heteroatoms. The van der Waals surface area contributed by atoms with Gasteiger partial charge in [-0.2, -0.15) is 5.26 Å². The first-order valence-corrected chi connectivity index (χ1v) is 4.56. The first-order chi connectivity index (χ1) is 7.13. The fourth-order valence-electron chi connectivity index (χ4n) is 1.35. The Kier molecular flexibility index (Phi) is 3.62.